The van der Waals surface area contributed by atoms with Crippen molar-refractivity contribution in [2.75, 3.05) is 5.43 Å². The molecule has 0 saturated heterocycles. The SMILES string of the molecule is O=C(O)/C=N/Nc1cccc(Oc2ccccc2)c1. The first-order valence-electron chi connectivity index (χ1n) is 5.59. The zero-order chi connectivity index (χ0) is 13.5. The average Bonchev–Trinajstić information content (AvgIpc) is 2.40. The smallest absolute Gasteiger partial charge is 0.348 e. The summed E-state index contributed by atoms with van der Waals surface area (Å²) < 4.78 is 5.64. The second-order valence-electron chi connectivity index (χ2n) is 3.65. The second kappa shape index (κ2) is 6.20. The standard InChI is InChI=1S/C14H12N2O3/c17-14(18)10-15-16-11-5-4-8-13(9-11)19-12-6-2-1-3-7-12/h1-10,16H,(H,17,18)/b15-10+. The molecular weight excluding hydrogens is 244 g/mol. The van der Waals surface area contributed by atoms with Crippen molar-refractivity contribution in [3.05, 3.63) is 54.6 Å². The lowest BCUT2D eigenvalue weighted by Crippen LogP contribution is -1.98. The van der Waals surface area contributed by atoms with Crippen LogP contribution in [0.3, 0.4) is 0 Å². The molecule has 0 spiro atoms. The van der Waals surface area contributed by atoms with E-state index in [-0.39, 0.29) is 0 Å². The highest BCUT2D eigenvalue weighted by atomic mass is 16.5. The Balaban J connectivity index is 2.05. The maximum atomic E-state index is 10.3. The normalized spacial score (nSPS) is 10.3. The lowest BCUT2D eigenvalue weighted by atomic mass is 10.3. The van der Waals surface area contributed by atoms with Gasteiger partial charge >= 0.3 is 5.97 Å². The predicted molar refractivity (Wildman–Crippen MR) is 72.7 cm³/mol. The topological polar surface area (TPSA) is 70.9 Å². The predicted octanol–water partition coefficient (Wildman–Crippen LogP) is 2.96. The minimum absolute atomic E-state index is 0.640. The molecule has 0 atom stereocenters. The number of carbonyl (C=O) groups is 1. The molecule has 5 heteroatoms. The Labute approximate surface area is 110 Å². The van der Waals surface area contributed by atoms with Crippen LogP contribution in [0.25, 0.3) is 0 Å². The van der Waals surface area contributed by atoms with E-state index in [0.29, 0.717) is 11.4 Å². The number of carboxylic acids is 1. The number of para-hydroxylation sites is 1. The maximum Gasteiger partial charge on any atom is 0.348 e. The van der Waals surface area contributed by atoms with Gasteiger partial charge in [0.25, 0.3) is 0 Å². The molecule has 96 valence electrons. The lowest BCUT2D eigenvalue weighted by Gasteiger charge is -2.06. The van der Waals surface area contributed by atoms with E-state index in [2.05, 4.69) is 10.5 Å². The molecule has 0 bridgehead atoms. The van der Waals surface area contributed by atoms with Gasteiger partial charge in [-0.1, -0.05) is 24.3 Å². The lowest BCUT2D eigenvalue weighted by molar-refractivity contribution is -0.128. The molecule has 5 nitrogen and oxygen atoms in total. The van der Waals surface area contributed by atoms with Crippen LogP contribution in [-0.2, 0) is 4.79 Å². The molecule has 0 aromatic heterocycles. The fourth-order valence-electron chi connectivity index (χ4n) is 1.42. The summed E-state index contributed by atoms with van der Waals surface area (Å²) in [5.41, 5.74) is 3.26. The fraction of sp³-hybridized carbons (Fsp3) is 0. The van der Waals surface area contributed by atoms with Crippen LogP contribution in [0.15, 0.2) is 59.7 Å². The number of benzene rings is 2. The number of nitrogens with zero attached hydrogens (tertiary/aromatic N) is 1. The highest BCUT2D eigenvalue weighted by Gasteiger charge is 1.98. The zero-order valence-electron chi connectivity index (χ0n) is 9.98. The molecule has 0 aliphatic heterocycles. The largest absolute Gasteiger partial charge is 0.477 e. The summed E-state index contributed by atoms with van der Waals surface area (Å²) in [4.78, 5) is 10.3. The Bertz CT molecular complexity index is 582. The third-order valence-electron chi connectivity index (χ3n) is 2.18. The molecule has 2 aromatic rings. The molecule has 0 aliphatic rings. The number of hydrogen-bond donors (Lipinski definition) is 2. The van der Waals surface area contributed by atoms with Crippen LogP contribution in [0.1, 0.15) is 0 Å². The van der Waals surface area contributed by atoms with Gasteiger partial charge in [0, 0.05) is 6.07 Å². The molecule has 0 aliphatic carbocycles. The molecule has 19 heavy (non-hydrogen) atoms. The Morgan fingerprint density at radius 2 is 1.84 bits per heavy atom. The van der Waals surface area contributed by atoms with E-state index in [0.717, 1.165) is 12.0 Å². The number of hydrazone groups is 1. The number of hydrogen-bond acceptors (Lipinski definition) is 4. The minimum atomic E-state index is -1.11. The molecule has 2 rings (SSSR count). The number of anilines is 1. The molecule has 0 radical (unpaired) electrons. The number of ether oxygens (including phenoxy) is 1. The second-order valence-corrected chi connectivity index (χ2v) is 3.65. The third-order valence-corrected chi connectivity index (χ3v) is 2.18. The van der Waals surface area contributed by atoms with Gasteiger partial charge in [-0.25, -0.2) is 4.79 Å². The molecule has 0 saturated carbocycles. The van der Waals surface area contributed by atoms with Crippen LogP contribution in [0.5, 0.6) is 11.5 Å². The van der Waals surface area contributed by atoms with E-state index >= 15 is 0 Å². The molecule has 2 N–H and O–H groups in total. The van der Waals surface area contributed by atoms with E-state index in [4.69, 9.17) is 9.84 Å². The number of aliphatic carboxylic acids is 1. The number of carboxylic acid groups (broad SMARTS) is 1. The van der Waals surface area contributed by atoms with Crippen molar-refractivity contribution in [3.8, 4) is 11.5 Å². The highest BCUT2D eigenvalue weighted by molar-refractivity contribution is 6.22. The maximum absolute atomic E-state index is 10.3. The molecule has 0 amide bonds. The van der Waals surface area contributed by atoms with Gasteiger partial charge in [0.15, 0.2) is 0 Å². The van der Waals surface area contributed by atoms with Gasteiger partial charge in [-0.05, 0) is 24.3 Å². The van der Waals surface area contributed by atoms with E-state index in [1.54, 1.807) is 24.3 Å². The number of rotatable bonds is 5. The van der Waals surface area contributed by atoms with Crippen molar-refractivity contribution in [1.82, 2.24) is 0 Å². The summed E-state index contributed by atoms with van der Waals surface area (Å²) in [7, 11) is 0. The van der Waals surface area contributed by atoms with Crippen LogP contribution in [-0.4, -0.2) is 17.3 Å². The average molecular weight is 256 g/mol. The summed E-state index contributed by atoms with van der Waals surface area (Å²) >= 11 is 0. The fourth-order valence-corrected chi connectivity index (χ4v) is 1.42. The van der Waals surface area contributed by atoms with Crippen molar-refractivity contribution in [3.63, 3.8) is 0 Å². The molecule has 0 unspecified atom stereocenters. The van der Waals surface area contributed by atoms with Gasteiger partial charge in [0.05, 0.1) is 5.69 Å². The third kappa shape index (κ3) is 4.16. The Kier molecular flexibility index (Phi) is 4.12. The van der Waals surface area contributed by atoms with Gasteiger partial charge < -0.3 is 9.84 Å². The van der Waals surface area contributed by atoms with Crippen LogP contribution in [0.4, 0.5) is 5.69 Å². The molecule has 2 aromatic carbocycles. The first-order chi connectivity index (χ1) is 9.24. The summed E-state index contributed by atoms with van der Waals surface area (Å²) in [5.74, 6) is 0.264. The van der Waals surface area contributed by atoms with Crippen LogP contribution < -0.4 is 10.2 Å². The van der Waals surface area contributed by atoms with Crippen molar-refractivity contribution >= 4 is 17.9 Å². The van der Waals surface area contributed by atoms with Gasteiger partial charge in [-0.3, -0.25) is 5.43 Å². The Morgan fingerprint density at radius 1 is 1.11 bits per heavy atom. The van der Waals surface area contributed by atoms with Crippen molar-refractivity contribution < 1.29 is 14.6 Å². The Hall–Kier alpha value is -2.82. The Morgan fingerprint density at radius 3 is 2.58 bits per heavy atom. The monoisotopic (exact) mass is 256 g/mol. The molecular formula is C14H12N2O3. The van der Waals surface area contributed by atoms with Crippen molar-refractivity contribution in [2.24, 2.45) is 5.10 Å². The van der Waals surface area contributed by atoms with Gasteiger partial charge in [-0.15, -0.1) is 0 Å². The van der Waals surface area contributed by atoms with Crippen molar-refractivity contribution in [1.29, 1.82) is 0 Å². The van der Waals surface area contributed by atoms with Crippen LogP contribution in [0, 0.1) is 0 Å². The molecule has 0 fully saturated rings. The summed E-state index contributed by atoms with van der Waals surface area (Å²) in [6.45, 7) is 0. The van der Waals surface area contributed by atoms with E-state index in [1.165, 1.54) is 0 Å². The molecule has 0 heterocycles. The van der Waals surface area contributed by atoms with Crippen molar-refractivity contribution in [2.45, 2.75) is 0 Å². The van der Waals surface area contributed by atoms with E-state index in [1.807, 2.05) is 30.3 Å². The summed E-state index contributed by atoms with van der Waals surface area (Å²) in [5, 5.41) is 12.0. The van der Waals surface area contributed by atoms with E-state index in [9.17, 15) is 4.79 Å². The van der Waals surface area contributed by atoms with Gasteiger partial charge in [0.1, 0.15) is 17.7 Å². The van der Waals surface area contributed by atoms with Crippen LogP contribution >= 0.6 is 0 Å². The summed E-state index contributed by atoms with van der Waals surface area (Å²) in [6, 6.07) is 16.5. The van der Waals surface area contributed by atoms with E-state index < -0.39 is 5.97 Å². The quantitative estimate of drug-likeness (QED) is 0.637. The minimum Gasteiger partial charge on any atom is -0.477 e. The number of nitrogens with one attached hydrogen (secondary N) is 1. The zero-order valence-corrected chi connectivity index (χ0v) is 9.98. The summed E-state index contributed by atoms with van der Waals surface area (Å²) in [6.07, 6.45) is 0.782. The van der Waals surface area contributed by atoms with Gasteiger partial charge in [0.2, 0.25) is 0 Å². The highest BCUT2D eigenvalue weighted by Crippen LogP contribution is 2.23. The first kappa shape index (κ1) is 12.6. The van der Waals surface area contributed by atoms with Gasteiger partial charge in [-0.2, -0.15) is 5.10 Å². The first-order valence-corrected chi connectivity index (χ1v) is 5.59. The van der Waals surface area contributed by atoms with Crippen LogP contribution in [0.2, 0.25) is 0 Å².